The highest BCUT2D eigenvalue weighted by atomic mass is 19.2. The first-order valence-corrected chi connectivity index (χ1v) is 13.5. The molecule has 4 aromatic rings. The number of rotatable bonds is 5. The Labute approximate surface area is 255 Å². The van der Waals surface area contributed by atoms with Crippen LogP contribution < -0.4 is 20.9 Å². The lowest BCUT2D eigenvalue weighted by Crippen LogP contribution is -2.75. The molecule has 17 heteroatoms. The Bertz CT molecular complexity index is 1720. The third-order valence-corrected chi connectivity index (χ3v) is 9.11. The van der Waals surface area contributed by atoms with Crippen molar-refractivity contribution in [2.75, 3.05) is 14.1 Å². The monoisotopic (exact) mass is 687 g/mol. The Morgan fingerprint density at radius 3 is 1.13 bits per heavy atom. The number of para-hydroxylation sites is 1. The number of hydrogen-bond donors (Lipinski definition) is 0. The molecule has 1 nitrogen and oxygen atoms in total. The van der Waals surface area contributed by atoms with Gasteiger partial charge < -0.3 is 0 Å². The standard InChI is InChI=1S/C30H17BF15N/c1-47(2)11(8-7-10-5-3-4-6-12(10)47)9-31(13-16(32)22(38)28(44)23(39)17(13)33,14-18(34)24(40)29(45)25(41)19(14)35)15-20(36)26(42)30(46)27(43)21(15)37/h3-6,11H,7-9H2,1-2H3. The first kappa shape index (κ1) is 34.2. The Morgan fingerprint density at radius 1 is 0.489 bits per heavy atom. The minimum Gasteiger partial charge on any atom is -0.296 e. The zero-order valence-electron chi connectivity index (χ0n) is 23.7. The van der Waals surface area contributed by atoms with E-state index in [0.29, 0.717) is 11.3 Å². The molecule has 0 amide bonds. The summed E-state index contributed by atoms with van der Waals surface area (Å²) in [6, 6.07) is 4.53. The molecule has 0 N–H and O–H groups in total. The van der Waals surface area contributed by atoms with Crippen LogP contribution in [0.5, 0.6) is 0 Å². The molecule has 0 aliphatic carbocycles. The smallest absolute Gasteiger partial charge is 0.200 e. The van der Waals surface area contributed by atoms with Gasteiger partial charge in [0.25, 0.3) is 0 Å². The first-order chi connectivity index (χ1) is 21.8. The van der Waals surface area contributed by atoms with Crippen molar-refractivity contribution in [1.29, 1.82) is 0 Å². The highest BCUT2D eigenvalue weighted by molar-refractivity contribution is 7.11. The van der Waals surface area contributed by atoms with E-state index in [1.54, 1.807) is 12.1 Å². The van der Waals surface area contributed by atoms with Crippen LogP contribution in [0, 0.1) is 87.3 Å². The average molecular weight is 687 g/mol. The highest BCUT2D eigenvalue weighted by Crippen LogP contribution is 2.39. The maximum absolute atomic E-state index is 15.8. The number of benzene rings is 4. The second-order valence-corrected chi connectivity index (χ2v) is 11.6. The molecule has 5 rings (SSSR count). The molecule has 1 atom stereocenters. The molecule has 1 unspecified atom stereocenters. The van der Waals surface area contributed by atoms with Crippen molar-refractivity contribution >= 4 is 28.2 Å². The fourth-order valence-corrected chi connectivity index (χ4v) is 6.87. The summed E-state index contributed by atoms with van der Waals surface area (Å²) in [6.45, 7) is 0. The Morgan fingerprint density at radius 2 is 0.787 bits per heavy atom. The Balaban J connectivity index is 2.10. The SMILES string of the molecule is C[N+]1(C)c2ccccc2CCC1C[B-](c1c(F)c(F)c(F)c(F)c1F)(c1c(F)c(F)c(F)c(F)c1F)c1c(F)c(F)c(F)c(F)c1F. The lowest BCUT2D eigenvalue weighted by molar-refractivity contribution is 0.276. The summed E-state index contributed by atoms with van der Waals surface area (Å²) in [5, 5.41) is 0. The predicted molar refractivity (Wildman–Crippen MR) is 140 cm³/mol. The zero-order valence-corrected chi connectivity index (χ0v) is 23.7. The zero-order chi connectivity index (χ0) is 35.1. The van der Waals surface area contributed by atoms with Crippen molar-refractivity contribution < 1.29 is 65.9 Å². The average Bonchev–Trinajstić information content (AvgIpc) is 3.04. The number of hydrogen-bond acceptors (Lipinski definition) is 0. The van der Waals surface area contributed by atoms with Crippen LogP contribution in [0.25, 0.3) is 0 Å². The molecule has 0 radical (unpaired) electrons. The summed E-state index contributed by atoms with van der Waals surface area (Å²) >= 11 is 0. The minimum absolute atomic E-state index is 0.0417. The predicted octanol–water partition coefficient (Wildman–Crippen LogP) is 6.83. The van der Waals surface area contributed by atoms with Crippen molar-refractivity contribution in [2.24, 2.45) is 0 Å². The molecule has 0 bridgehead atoms. The van der Waals surface area contributed by atoms with E-state index in [-0.39, 0.29) is 12.8 Å². The van der Waals surface area contributed by atoms with Crippen LogP contribution in [-0.4, -0.2) is 26.3 Å². The molecular formula is C30H17BF15N. The van der Waals surface area contributed by atoms with Crippen LogP contribution in [0.2, 0.25) is 6.32 Å². The fourth-order valence-electron chi connectivity index (χ4n) is 6.87. The van der Waals surface area contributed by atoms with Crippen LogP contribution in [0.15, 0.2) is 24.3 Å². The van der Waals surface area contributed by atoms with Gasteiger partial charge in [0.15, 0.2) is 52.4 Å². The lowest BCUT2D eigenvalue weighted by atomic mass is 9.13. The van der Waals surface area contributed by atoms with E-state index >= 15 is 26.3 Å². The Hall–Kier alpha value is -4.15. The molecule has 250 valence electrons. The molecule has 1 heterocycles. The topological polar surface area (TPSA) is 0 Å². The van der Waals surface area contributed by atoms with Gasteiger partial charge in [-0.05, 0) is 12.5 Å². The van der Waals surface area contributed by atoms with Gasteiger partial charge in [0.05, 0.1) is 20.1 Å². The fraction of sp³-hybridized carbons (Fsp3) is 0.200. The minimum atomic E-state index is -5.62. The second-order valence-electron chi connectivity index (χ2n) is 11.6. The maximum Gasteiger partial charge on any atom is 0.200 e. The van der Waals surface area contributed by atoms with Gasteiger partial charge in [0, 0.05) is 12.0 Å². The maximum atomic E-state index is 15.8. The molecule has 1 aliphatic heterocycles. The molecule has 0 saturated heterocycles. The van der Waals surface area contributed by atoms with Gasteiger partial charge in [-0.1, -0.05) is 18.2 Å². The molecular weight excluding hydrogens is 670 g/mol. The Kier molecular flexibility index (Phi) is 8.39. The van der Waals surface area contributed by atoms with Crippen molar-refractivity contribution in [3.63, 3.8) is 0 Å². The van der Waals surface area contributed by atoms with Crippen LogP contribution in [-0.2, 0) is 6.42 Å². The van der Waals surface area contributed by atoms with Gasteiger partial charge in [-0.2, -0.15) is 0 Å². The number of fused-ring (bicyclic) bond motifs is 1. The lowest BCUT2D eigenvalue weighted by Gasteiger charge is -2.51. The number of quaternary nitrogens is 1. The third kappa shape index (κ3) is 4.71. The van der Waals surface area contributed by atoms with E-state index in [1.807, 2.05) is 0 Å². The van der Waals surface area contributed by atoms with E-state index in [0.717, 1.165) is 0 Å². The van der Waals surface area contributed by atoms with Gasteiger partial charge in [0.2, 0.25) is 0 Å². The molecule has 0 fully saturated rings. The van der Waals surface area contributed by atoms with Crippen LogP contribution in [0.1, 0.15) is 12.0 Å². The summed E-state index contributed by atoms with van der Waals surface area (Å²) < 4.78 is 226. The van der Waals surface area contributed by atoms with E-state index in [1.165, 1.54) is 26.2 Å². The summed E-state index contributed by atoms with van der Waals surface area (Å²) in [5.41, 5.74) is -6.86. The molecule has 4 aromatic carbocycles. The van der Waals surface area contributed by atoms with Crippen LogP contribution >= 0.6 is 0 Å². The number of halogens is 15. The van der Waals surface area contributed by atoms with Crippen molar-refractivity contribution in [2.45, 2.75) is 25.2 Å². The van der Waals surface area contributed by atoms with Crippen molar-refractivity contribution in [3.05, 3.63) is 117 Å². The van der Waals surface area contributed by atoms with E-state index in [4.69, 9.17) is 0 Å². The molecule has 0 saturated carbocycles. The van der Waals surface area contributed by atoms with Crippen LogP contribution in [0.4, 0.5) is 71.5 Å². The van der Waals surface area contributed by atoms with Gasteiger partial charge in [0.1, 0.15) is 46.7 Å². The van der Waals surface area contributed by atoms with Gasteiger partial charge in [-0.3, -0.25) is 4.48 Å². The highest BCUT2D eigenvalue weighted by Gasteiger charge is 2.51. The normalized spacial score (nSPS) is 16.1. The second kappa shape index (κ2) is 11.5. The van der Waals surface area contributed by atoms with Crippen LogP contribution in [0.3, 0.4) is 0 Å². The number of aryl methyl sites for hydroxylation is 1. The van der Waals surface area contributed by atoms with Gasteiger partial charge >= 0.3 is 0 Å². The van der Waals surface area contributed by atoms with Crippen molar-refractivity contribution in [3.8, 4) is 0 Å². The largest absolute Gasteiger partial charge is 0.296 e. The van der Waals surface area contributed by atoms with Gasteiger partial charge in [-0.15, -0.1) is 22.7 Å². The van der Waals surface area contributed by atoms with Gasteiger partial charge in [-0.25, -0.2) is 65.9 Å². The quantitative estimate of drug-likeness (QED) is 0.0711. The number of nitrogens with zero attached hydrogens (tertiary/aromatic N) is 1. The molecule has 0 spiro atoms. The summed E-state index contributed by atoms with van der Waals surface area (Å²) in [6.07, 6.45) is -7.67. The summed E-state index contributed by atoms with van der Waals surface area (Å²) in [4.78, 5) is 0. The molecule has 1 aliphatic rings. The summed E-state index contributed by atoms with van der Waals surface area (Å²) in [7, 11) is 2.61. The third-order valence-electron chi connectivity index (χ3n) is 9.11. The summed E-state index contributed by atoms with van der Waals surface area (Å²) in [5.74, 6) is -44.8. The molecule has 0 aromatic heterocycles. The first-order valence-electron chi connectivity index (χ1n) is 13.5. The van der Waals surface area contributed by atoms with E-state index < -0.39 is 127 Å². The van der Waals surface area contributed by atoms with E-state index in [9.17, 15) is 39.5 Å². The van der Waals surface area contributed by atoms with Crippen molar-refractivity contribution in [1.82, 2.24) is 4.48 Å². The molecule has 47 heavy (non-hydrogen) atoms. The van der Waals surface area contributed by atoms with E-state index in [2.05, 4.69) is 0 Å².